The molecule has 0 unspecified atom stereocenters. The summed E-state index contributed by atoms with van der Waals surface area (Å²) in [5.74, 6) is -1.11. The minimum absolute atomic E-state index is 0.124. The molecular formula is C14H16N6O2. The second-order valence-electron chi connectivity index (χ2n) is 5.08. The Labute approximate surface area is 126 Å². The number of aliphatic carboxylic acids is 1. The molecule has 2 atom stereocenters. The highest BCUT2D eigenvalue weighted by Gasteiger charge is 2.30. The summed E-state index contributed by atoms with van der Waals surface area (Å²) in [5, 5.41) is 17.4. The number of hydrazone groups is 1. The van der Waals surface area contributed by atoms with Crippen LogP contribution in [0.25, 0.3) is 0 Å². The highest BCUT2D eigenvalue weighted by Crippen LogP contribution is 2.04. The van der Waals surface area contributed by atoms with Gasteiger partial charge < -0.3 is 25.6 Å². The molecule has 0 fully saturated rings. The van der Waals surface area contributed by atoms with Gasteiger partial charge >= 0.3 is 0 Å². The number of carboxylic acids is 1. The van der Waals surface area contributed by atoms with E-state index in [1.54, 1.807) is 17.7 Å². The van der Waals surface area contributed by atoms with E-state index in [4.69, 9.17) is 0 Å². The van der Waals surface area contributed by atoms with Crippen molar-refractivity contribution < 1.29 is 15.2 Å². The van der Waals surface area contributed by atoms with E-state index in [1.165, 1.54) is 6.33 Å². The molecule has 114 valence electrons. The fourth-order valence-electron chi connectivity index (χ4n) is 2.47. The Morgan fingerprint density at radius 1 is 1.50 bits per heavy atom. The molecule has 0 saturated carbocycles. The maximum absolute atomic E-state index is 11.4. The predicted molar refractivity (Wildman–Crippen MR) is 75.6 cm³/mol. The van der Waals surface area contributed by atoms with Crippen molar-refractivity contribution in [3.63, 3.8) is 0 Å². The molecule has 1 aliphatic heterocycles. The van der Waals surface area contributed by atoms with Gasteiger partial charge in [-0.1, -0.05) is 6.07 Å². The van der Waals surface area contributed by atoms with Crippen LogP contribution in [0.1, 0.15) is 11.4 Å². The maximum Gasteiger partial charge on any atom is 0.152 e. The lowest BCUT2D eigenvalue weighted by molar-refractivity contribution is -0.698. The monoisotopic (exact) mass is 300 g/mol. The number of rotatable bonds is 6. The molecule has 0 aliphatic carbocycles. The summed E-state index contributed by atoms with van der Waals surface area (Å²) in [5.41, 5.74) is 5.15. The predicted octanol–water partition coefficient (Wildman–Crippen LogP) is -2.59. The van der Waals surface area contributed by atoms with Crippen LogP contribution in [0.5, 0.6) is 0 Å². The molecule has 3 rings (SSSR count). The van der Waals surface area contributed by atoms with Gasteiger partial charge in [-0.05, 0) is 12.1 Å². The SMILES string of the molecule is O=C([O-])[C@H](Cc1cnc[nH]1)[NH2+][C@@H]1CNN=C1c1ccccn1. The van der Waals surface area contributed by atoms with Gasteiger partial charge in [0, 0.05) is 24.5 Å². The normalized spacial score (nSPS) is 18.5. The number of aromatic amines is 1. The Morgan fingerprint density at radius 2 is 2.41 bits per heavy atom. The average molecular weight is 300 g/mol. The standard InChI is InChI=1S/C14H16N6O2/c21-14(22)11(5-9-6-15-8-17-9)19-12-7-18-20-13(12)10-3-1-2-4-16-10/h1-4,6,8,11-12,18-19H,5,7H2,(H,15,17)(H,21,22)/t11-,12+/m0/s1. The van der Waals surface area contributed by atoms with E-state index in [0.29, 0.717) is 13.0 Å². The number of hydrogen-bond acceptors (Lipinski definition) is 6. The van der Waals surface area contributed by atoms with Gasteiger partial charge in [-0.25, -0.2) is 4.98 Å². The summed E-state index contributed by atoms with van der Waals surface area (Å²) in [7, 11) is 0. The molecule has 4 N–H and O–H groups in total. The van der Waals surface area contributed by atoms with Gasteiger partial charge in [0.25, 0.3) is 0 Å². The molecule has 8 nitrogen and oxygen atoms in total. The molecule has 22 heavy (non-hydrogen) atoms. The molecule has 0 amide bonds. The van der Waals surface area contributed by atoms with Gasteiger partial charge in [0.15, 0.2) is 6.04 Å². The highest BCUT2D eigenvalue weighted by atomic mass is 16.4. The fraction of sp³-hybridized carbons (Fsp3) is 0.286. The minimum atomic E-state index is -1.11. The largest absolute Gasteiger partial charge is 0.544 e. The second kappa shape index (κ2) is 6.35. The fourth-order valence-corrected chi connectivity index (χ4v) is 2.47. The van der Waals surface area contributed by atoms with Crippen molar-refractivity contribution in [1.29, 1.82) is 0 Å². The van der Waals surface area contributed by atoms with Crippen LogP contribution in [0.15, 0.2) is 42.0 Å². The van der Waals surface area contributed by atoms with Crippen molar-refractivity contribution in [2.45, 2.75) is 18.5 Å². The van der Waals surface area contributed by atoms with E-state index in [0.717, 1.165) is 17.1 Å². The molecule has 0 spiro atoms. The minimum Gasteiger partial charge on any atom is -0.544 e. The number of H-pyrrole nitrogens is 1. The number of carboxylic acid groups (broad SMARTS) is 1. The third kappa shape index (κ3) is 3.12. The van der Waals surface area contributed by atoms with Gasteiger partial charge in [-0.15, -0.1) is 0 Å². The highest BCUT2D eigenvalue weighted by molar-refractivity contribution is 6.02. The van der Waals surface area contributed by atoms with Crippen LogP contribution in [-0.2, 0) is 11.2 Å². The van der Waals surface area contributed by atoms with Crippen molar-refractivity contribution >= 4 is 11.7 Å². The summed E-state index contributed by atoms with van der Waals surface area (Å²) in [4.78, 5) is 22.5. The van der Waals surface area contributed by atoms with Crippen LogP contribution >= 0.6 is 0 Å². The summed E-state index contributed by atoms with van der Waals surface area (Å²) in [6.45, 7) is 0.554. The lowest BCUT2D eigenvalue weighted by atomic mass is 10.1. The van der Waals surface area contributed by atoms with E-state index < -0.39 is 12.0 Å². The molecule has 2 aromatic rings. The number of aromatic nitrogens is 3. The first kappa shape index (κ1) is 14.2. The third-order valence-corrected chi connectivity index (χ3v) is 3.55. The summed E-state index contributed by atoms with van der Waals surface area (Å²) in [6.07, 6.45) is 5.15. The van der Waals surface area contributed by atoms with Crippen LogP contribution < -0.4 is 15.8 Å². The van der Waals surface area contributed by atoms with E-state index in [1.807, 2.05) is 18.2 Å². The van der Waals surface area contributed by atoms with E-state index in [-0.39, 0.29) is 6.04 Å². The number of nitrogens with zero attached hydrogens (tertiary/aromatic N) is 3. The Balaban J connectivity index is 1.72. The molecule has 0 saturated heterocycles. The van der Waals surface area contributed by atoms with E-state index in [2.05, 4.69) is 25.5 Å². The molecule has 0 aromatic carbocycles. The van der Waals surface area contributed by atoms with E-state index >= 15 is 0 Å². The van der Waals surface area contributed by atoms with E-state index in [9.17, 15) is 9.90 Å². The summed E-state index contributed by atoms with van der Waals surface area (Å²) >= 11 is 0. The average Bonchev–Trinajstić information content (AvgIpc) is 3.19. The van der Waals surface area contributed by atoms with Crippen LogP contribution in [0.3, 0.4) is 0 Å². The van der Waals surface area contributed by atoms with Crippen molar-refractivity contribution in [2.24, 2.45) is 5.10 Å². The molecule has 0 bridgehead atoms. The first-order valence-electron chi connectivity index (χ1n) is 6.99. The number of carbonyl (C=O) groups excluding carboxylic acids is 1. The van der Waals surface area contributed by atoms with Crippen LogP contribution in [-0.4, -0.2) is 45.3 Å². The lowest BCUT2D eigenvalue weighted by Crippen LogP contribution is -3.00. The van der Waals surface area contributed by atoms with Crippen LogP contribution in [0.4, 0.5) is 0 Å². The Morgan fingerprint density at radius 3 is 3.09 bits per heavy atom. The lowest BCUT2D eigenvalue weighted by Gasteiger charge is -2.20. The zero-order chi connectivity index (χ0) is 15.4. The topological polar surface area (TPSA) is 123 Å². The van der Waals surface area contributed by atoms with Crippen molar-refractivity contribution in [2.75, 3.05) is 6.54 Å². The van der Waals surface area contributed by atoms with Gasteiger partial charge in [0.2, 0.25) is 0 Å². The quantitative estimate of drug-likeness (QED) is 0.540. The molecule has 0 radical (unpaired) electrons. The third-order valence-electron chi connectivity index (χ3n) is 3.55. The molecule has 3 heterocycles. The number of nitrogens with one attached hydrogen (secondary N) is 2. The van der Waals surface area contributed by atoms with Gasteiger partial charge in [-0.2, -0.15) is 5.10 Å². The second-order valence-corrected chi connectivity index (χ2v) is 5.08. The first-order chi connectivity index (χ1) is 10.7. The van der Waals surface area contributed by atoms with Crippen molar-refractivity contribution in [1.82, 2.24) is 20.4 Å². The van der Waals surface area contributed by atoms with Gasteiger partial charge in [0.1, 0.15) is 11.8 Å². The zero-order valence-electron chi connectivity index (χ0n) is 11.8. The Bertz CT molecular complexity index is 655. The Hall–Kier alpha value is -2.74. The van der Waals surface area contributed by atoms with Crippen molar-refractivity contribution in [3.8, 4) is 0 Å². The van der Waals surface area contributed by atoms with Gasteiger partial charge in [-0.3, -0.25) is 4.98 Å². The molecular weight excluding hydrogens is 284 g/mol. The molecule has 1 aliphatic rings. The summed E-state index contributed by atoms with van der Waals surface area (Å²) in [6, 6.07) is 4.71. The number of hydrogen-bond donors (Lipinski definition) is 3. The molecule has 2 aromatic heterocycles. The zero-order valence-corrected chi connectivity index (χ0v) is 11.8. The number of quaternary nitrogens is 1. The number of carbonyl (C=O) groups is 1. The maximum atomic E-state index is 11.4. The number of nitrogens with two attached hydrogens (primary N) is 1. The Kier molecular flexibility index (Phi) is 4.10. The first-order valence-corrected chi connectivity index (χ1v) is 6.99. The van der Waals surface area contributed by atoms with Crippen LogP contribution in [0.2, 0.25) is 0 Å². The van der Waals surface area contributed by atoms with Crippen LogP contribution in [0, 0.1) is 0 Å². The number of pyridine rings is 1. The number of imidazole rings is 1. The smallest absolute Gasteiger partial charge is 0.152 e. The van der Waals surface area contributed by atoms with Crippen molar-refractivity contribution in [3.05, 3.63) is 48.3 Å². The van der Waals surface area contributed by atoms with Gasteiger partial charge in [0.05, 0.1) is 24.5 Å². The summed E-state index contributed by atoms with van der Waals surface area (Å²) < 4.78 is 0. The molecule has 8 heteroatoms.